The van der Waals surface area contributed by atoms with Crippen LogP contribution in [-0.4, -0.2) is 12.1 Å². The van der Waals surface area contributed by atoms with Gasteiger partial charge < -0.3 is 4.74 Å². The van der Waals surface area contributed by atoms with Crippen LogP contribution in [0.25, 0.3) is 0 Å². The molecule has 0 bridgehead atoms. The maximum atomic E-state index is 5.47. The predicted octanol–water partition coefficient (Wildman–Crippen LogP) is 3.62. The first-order valence-electron chi connectivity index (χ1n) is 5.95. The highest BCUT2D eigenvalue weighted by Crippen LogP contribution is 2.40. The molecule has 1 aliphatic carbocycles. The molecule has 2 aromatic rings. The van der Waals surface area contributed by atoms with E-state index in [-0.39, 0.29) is 0 Å². The van der Waals surface area contributed by atoms with E-state index in [1.165, 1.54) is 35.4 Å². The van der Waals surface area contributed by atoms with Crippen LogP contribution in [0.1, 0.15) is 34.9 Å². The van der Waals surface area contributed by atoms with Crippen LogP contribution in [0.5, 0.6) is 5.75 Å². The average Bonchev–Trinajstić information content (AvgIpc) is 2.86. The SMILES string of the molecule is COc1ccccc1C1CCCc2scnc21. The molecule has 88 valence electrons. The van der Waals surface area contributed by atoms with E-state index in [2.05, 4.69) is 17.1 Å². The van der Waals surface area contributed by atoms with Crippen molar-refractivity contribution in [3.63, 3.8) is 0 Å². The first kappa shape index (κ1) is 10.8. The zero-order valence-corrected chi connectivity index (χ0v) is 10.7. The second kappa shape index (κ2) is 4.49. The number of nitrogens with zero attached hydrogens (tertiary/aromatic N) is 1. The summed E-state index contributed by atoms with van der Waals surface area (Å²) in [6, 6.07) is 8.31. The molecule has 0 saturated heterocycles. The number of thiazole rings is 1. The van der Waals surface area contributed by atoms with Gasteiger partial charge in [-0.25, -0.2) is 4.98 Å². The van der Waals surface area contributed by atoms with Gasteiger partial charge in [0.1, 0.15) is 5.75 Å². The normalized spacial score (nSPS) is 18.8. The lowest BCUT2D eigenvalue weighted by Gasteiger charge is -2.23. The fraction of sp³-hybridized carbons (Fsp3) is 0.357. The highest BCUT2D eigenvalue weighted by atomic mass is 32.1. The van der Waals surface area contributed by atoms with Gasteiger partial charge in [-0.05, 0) is 25.3 Å². The number of para-hydroxylation sites is 1. The van der Waals surface area contributed by atoms with E-state index in [9.17, 15) is 0 Å². The fourth-order valence-electron chi connectivity index (χ4n) is 2.61. The highest BCUT2D eigenvalue weighted by molar-refractivity contribution is 7.09. The topological polar surface area (TPSA) is 22.1 Å². The molecule has 1 unspecified atom stereocenters. The van der Waals surface area contributed by atoms with Gasteiger partial charge in [0.05, 0.1) is 18.3 Å². The van der Waals surface area contributed by atoms with Crippen LogP contribution in [0.3, 0.4) is 0 Å². The molecule has 1 aromatic heterocycles. The molecule has 1 aliphatic rings. The standard InChI is InChI=1S/C14H15NOS/c1-16-12-7-3-2-5-10(12)11-6-4-8-13-14(11)15-9-17-13/h2-3,5,7,9,11H,4,6,8H2,1H3. The number of ether oxygens (including phenoxy) is 1. The minimum Gasteiger partial charge on any atom is -0.496 e. The van der Waals surface area contributed by atoms with Crippen molar-refractivity contribution >= 4 is 11.3 Å². The third-order valence-corrected chi connectivity index (χ3v) is 4.32. The Morgan fingerprint density at radius 2 is 2.24 bits per heavy atom. The summed E-state index contributed by atoms with van der Waals surface area (Å²) in [4.78, 5) is 6.00. The van der Waals surface area contributed by atoms with E-state index >= 15 is 0 Å². The predicted molar refractivity (Wildman–Crippen MR) is 69.9 cm³/mol. The van der Waals surface area contributed by atoms with E-state index in [0.29, 0.717) is 5.92 Å². The lowest BCUT2D eigenvalue weighted by Crippen LogP contribution is -2.10. The molecule has 17 heavy (non-hydrogen) atoms. The maximum absolute atomic E-state index is 5.47. The summed E-state index contributed by atoms with van der Waals surface area (Å²) in [7, 11) is 1.74. The molecular formula is C14H15NOS. The zero-order valence-electron chi connectivity index (χ0n) is 9.85. The second-order valence-corrected chi connectivity index (χ2v) is 5.29. The van der Waals surface area contributed by atoms with Crippen LogP contribution in [0.2, 0.25) is 0 Å². The number of rotatable bonds is 2. The number of hydrogen-bond acceptors (Lipinski definition) is 3. The Kier molecular flexibility index (Phi) is 2.85. The minimum atomic E-state index is 0.418. The van der Waals surface area contributed by atoms with E-state index < -0.39 is 0 Å². The molecule has 0 saturated carbocycles. The fourth-order valence-corrected chi connectivity index (χ4v) is 3.48. The molecule has 1 heterocycles. The molecule has 0 amide bonds. The molecule has 1 aromatic carbocycles. The number of hydrogen-bond donors (Lipinski definition) is 0. The average molecular weight is 245 g/mol. The summed E-state index contributed by atoms with van der Waals surface area (Å²) in [5.74, 6) is 1.40. The van der Waals surface area contributed by atoms with Crippen LogP contribution in [0.4, 0.5) is 0 Å². The summed E-state index contributed by atoms with van der Waals surface area (Å²) in [6.45, 7) is 0. The summed E-state index contributed by atoms with van der Waals surface area (Å²) in [6.07, 6.45) is 3.61. The van der Waals surface area contributed by atoms with Crippen molar-refractivity contribution < 1.29 is 4.74 Å². The first-order chi connectivity index (χ1) is 8.40. The van der Waals surface area contributed by atoms with Gasteiger partial charge in [-0.2, -0.15) is 0 Å². The van der Waals surface area contributed by atoms with Gasteiger partial charge in [0.25, 0.3) is 0 Å². The van der Waals surface area contributed by atoms with E-state index in [1.54, 1.807) is 18.4 Å². The van der Waals surface area contributed by atoms with Gasteiger partial charge in [-0.15, -0.1) is 11.3 Å². The molecule has 0 radical (unpaired) electrons. The molecule has 3 rings (SSSR count). The summed E-state index contributed by atoms with van der Waals surface area (Å²) < 4.78 is 5.47. The Morgan fingerprint density at radius 1 is 1.35 bits per heavy atom. The van der Waals surface area contributed by atoms with Crippen molar-refractivity contribution in [2.45, 2.75) is 25.2 Å². The highest BCUT2D eigenvalue weighted by Gasteiger charge is 2.26. The largest absolute Gasteiger partial charge is 0.496 e. The number of methoxy groups -OCH3 is 1. The summed E-state index contributed by atoms with van der Waals surface area (Å²) >= 11 is 1.79. The monoisotopic (exact) mass is 245 g/mol. The smallest absolute Gasteiger partial charge is 0.122 e. The van der Waals surface area contributed by atoms with Crippen LogP contribution in [0, 0.1) is 0 Å². The van der Waals surface area contributed by atoms with E-state index in [0.717, 1.165) is 5.75 Å². The molecule has 0 N–H and O–H groups in total. The van der Waals surface area contributed by atoms with Crippen LogP contribution in [-0.2, 0) is 6.42 Å². The van der Waals surface area contributed by atoms with Crippen molar-refractivity contribution in [3.05, 3.63) is 45.9 Å². The molecule has 1 atom stereocenters. The molecule has 0 aliphatic heterocycles. The van der Waals surface area contributed by atoms with E-state index in [1.807, 2.05) is 17.6 Å². The van der Waals surface area contributed by atoms with Gasteiger partial charge in [-0.1, -0.05) is 18.2 Å². The van der Waals surface area contributed by atoms with Crippen molar-refractivity contribution in [2.24, 2.45) is 0 Å². The molecule has 3 heteroatoms. The molecule has 0 fully saturated rings. The summed E-state index contributed by atoms with van der Waals surface area (Å²) in [5, 5.41) is 0. The van der Waals surface area contributed by atoms with Gasteiger partial charge >= 0.3 is 0 Å². The molecule has 0 spiro atoms. The van der Waals surface area contributed by atoms with Crippen LogP contribution < -0.4 is 4.74 Å². The Bertz CT molecular complexity index is 520. The lowest BCUT2D eigenvalue weighted by atomic mass is 9.85. The van der Waals surface area contributed by atoms with Crippen LogP contribution in [0.15, 0.2) is 29.8 Å². The molecular weight excluding hydrogens is 230 g/mol. The van der Waals surface area contributed by atoms with Crippen LogP contribution >= 0.6 is 11.3 Å². The minimum absolute atomic E-state index is 0.418. The number of fused-ring (bicyclic) bond motifs is 1. The Balaban J connectivity index is 2.06. The van der Waals surface area contributed by atoms with Gasteiger partial charge in [-0.3, -0.25) is 0 Å². The number of benzene rings is 1. The molecule has 2 nitrogen and oxygen atoms in total. The Labute approximate surface area is 105 Å². The van der Waals surface area contributed by atoms with Gasteiger partial charge in [0.2, 0.25) is 0 Å². The third kappa shape index (κ3) is 1.84. The summed E-state index contributed by atoms with van der Waals surface area (Å²) in [5.41, 5.74) is 4.52. The van der Waals surface area contributed by atoms with Gasteiger partial charge in [0.15, 0.2) is 0 Å². The van der Waals surface area contributed by atoms with Crippen molar-refractivity contribution in [1.82, 2.24) is 4.98 Å². The lowest BCUT2D eigenvalue weighted by molar-refractivity contribution is 0.405. The van der Waals surface area contributed by atoms with Crippen molar-refractivity contribution in [3.8, 4) is 5.75 Å². The van der Waals surface area contributed by atoms with Gasteiger partial charge in [0, 0.05) is 16.4 Å². The maximum Gasteiger partial charge on any atom is 0.122 e. The van der Waals surface area contributed by atoms with Crippen molar-refractivity contribution in [1.29, 1.82) is 0 Å². The zero-order chi connectivity index (χ0) is 11.7. The Hall–Kier alpha value is -1.35. The third-order valence-electron chi connectivity index (χ3n) is 3.41. The van der Waals surface area contributed by atoms with E-state index in [4.69, 9.17) is 4.74 Å². The first-order valence-corrected chi connectivity index (χ1v) is 6.83. The second-order valence-electron chi connectivity index (χ2n) is 4.35. The quantitative estimate of drug-likeness (QED) is 0.806. The number of aryl methyl sites for hydroxylation is 1. The number of aromatic nitrogens is 1. The van der Waals surface area contributed by atoms with Crippen molar-refractivity contribution in [2.75, 3.05) is 7.11 Å². The Morgan fingerprint density at radius 3 is 3.12 bits per heavy atom.